The number of rotatable bonds is 2. The molecule has 0 aromatic heterocycles. The first-order valence-corrected chi connectivity index (χ1v) is 4.08. The molecule has 14 heavy (non-hydrogen) atoms. The van der Waals surface area contributed by atoms with Gasteiger partial charge in [0.05, 0.1) is 6.54 Å². The zero-order chi connectivity index (χ0) is 10.4. The van der Waals surface area contributed by atoms with Crippen molar-refractivity contribution in [2.45, 2.75) is 6.54 Å². The lowest BCUT2D eigenvalue weighted by molar-refractivity contribution is 0.415. The van der Waals surface area contributed by atoms with E-state index in [1.807, 2.05) is 30.3 Å². The third-order valence-corrected chi connectivity index (χ3v) is 1.72. The molecule has 1 rings (SSSR count). The van der Waals surface area contributed by atoms with E-state index in [1.54, 1.807) is 0 Å². The number of hydrogen-bond acceptors (Lipinski definition) is 4. The predicted molar refractivity (Wildman–Crippen MR) is 55.1 cm³/mol. The molecule has 0 saturated heterocycles. The molecule has 0 amide bonds. The van der Waals surface area contributed by atoms with Crippen LogP contribution in [0.3, 0.4) is 0 Å². The van der Waals surface area contributed by atoms with Gasteiger partial charge in [-0.25, -0.2) is 11.7 Å². The fourth-order valence-corrected chi connectivity index (χ4v) is 1.05. The number of hydrazone groups is 1. The van der Waals surface area contributed by atoms with E-state index in [-0.39, 0.29) is 5.96 Å². The molecule has 1 aromatic carbocycles. The minimum Gasteiger partial charge on any atom is -0.320 e. The molecule has 6 nitrogen and oxygen atoms in total. The molecule has 1 aromatic rings. The standard InChI is InChI=1S/C8H14N6/c9-12-8(13-10)14(11)6-7-4-2-1-3-5-7/h1-5H,6,9-11H2,(H,12,13). The van der Waals surface area contributed by atoms with Gasteiger partial charge in [0.25, 0.3) is 0 Å². The number of hydrazine groups is 2. The zero-order valence-corrected chi connectivity index (χ0v) is 7.72. The number of benzene rings is 1. The summed E-state index contributed by atoms with van der Waals surface area (Å²) in [5.41, 5.74) is 3.35. The molecule has 76 valence electrons. The molecule has 0 spiro atoms. The van der Waals surface area contributed by atoms with Gasteiger partial charge in [-0.15, -0.1) is 5.10 Å². The van der Waals surface area contributed by atoms with Crippen LogP contribution in [0.4, 0.5) is 0 Å². The first kappa shape index (κ1) is 10.3. The third kappa shape index (κ3) is 2.61. The second-order valence-electron chi connectivity index (χ2n) is 2.71. The molecule has 0 aliphatic rings. The Kier molecular flexibility index (Phi) is 3.71. The Labute approximate surface area is 82.3 Å². The topological polar surface area (TPSA) is 106 Å². The molecule has 0 atom stereocenters. The minimum absolute atomic E-state index is 0.230. The maximum atomic E-state index is 5.65. The van der Waals surface area contributed by atoms with Crippen LogP contribution >= 0.6 is 0 Å². The summed E-state index contributed by atoms with van der Waals surface area (Å²) in [5.74, 6) is 16.1. The third-order valence-electron chi connectivity index (χ3n) is 1.72. The summed E-state index contributed by atoms with van der Waals surface area (Å²) < 4.78 is 0. The van der Waals surface area contributed by atoms with Crippen molar-refractivity contribution in [3.8, 4) is 0 Å². The Bertz CT molecular complexity index is 296. The van der Waals surface area contributed by atoms with Crippen molar-refractivity contribution in [3.05, 3.63) is 35.9 Å². The second-order valence-corrected chi connectivity index (χ2v) is 2.71. The Morgan fingerprint density at radius 1 is 1.36 bits per heavy atom. The highest BCUT2D eigenvalue weighted by molar-refractivity contribution is 5.78. The molecule has 0 radical (unpaired) electrons. The predicted octanol–water partition coefficient (Wildman–Crippen LogP) is -0.945. The van der Waals surface area contributed by atoms with E-state index < -0.39 is 0 Å². The van der Waals surface area contributed by atoms with Crippen molar-refractivity contribution in [1.82, 2.24) is 10.4 Å². The highest BCUT2D eigenvalue weighted by atomic mass is 15.5. The smallest absolute Gasteiger partial charge is 0.244 e. The summed E-state index contributed by atoms with van der Waals surface area (Å²) in [6.45, 7) is 0.487. The van der Waals surface area contributed by atoms with Crippen molar-refractivity contribution in [2.75, 3.05) is 0 Å². The number of nitrogens with one attached hydrogen (secondary N) is 1. The molecular weight excluding hydrogens is 180 g/mol. The minimum atomic E-state index is 0.230. The molecular formula is C8H14N6. The summed E-state index contributed by atoms with van der Waals surface area (Å²) in [6, 6.07) is 9.69. The lowest BCUT2D eigenvalue weighted by atomic mass is 10.2. The van der Waals surface area contributed by atoms with Crippen LogP contribution in [0.25, 0.3) is 0 Å². The molecule has 6 heteroatoms. The fraction of sp³-hybridized carbons (Fsp3) is 0.125. The van der Waals surface area contributed by atoms with Crippen molar-refractivity contribution >= 4 is 5.96 Å². The van der Waals surface area contributed by atoms with Crippen LogP contribution in [0.15, 0.2) is 35.4 Å². The summed E-state index contributed by atoms with van der Waals surface area (Å²) >= 11 is 0. The van der Waals surface area contributed by atoms with E-state index in [1.165, 1.54) is 5.01 Å². The van der Waals surface area contributed by atoms with Crippen LogP contribution < -0.4 is 23.0 Å². The van der Waals surface area contributed by atoms with Crippen molar-refractivity contribution in [2.24, 2.45) is 22.6 Å². The molecule has 0 aliphatic carbocycles. The lowest BCUT2D eigenvalue weighted by Crippen LogP contribution is -2.48. The quantitative estimate of drug-likeness (QED) is 0.210. The SMILES string of the molecule is N/N=C(\NN)N(N)Cc1ccccc1. The van der Waals surface area contributed by atoms with E-state index in [0.717, 1.165) is 5.56 Å². The van der Waals surface area contributed by atoms with E-state index in [9.17, 15) is 0 Å². The maximum absolute atomic E-state index is 5.65. The van der Waals surface area contributed by atoms with Crippen LogP contribution in [0, 0.1) is 0 Å². The van der Waals surface area contributed by atoms with E-state index in [0.29, 0.717) is 6.54 Å². The van der Waals surface area contributed by atoms with Crippen molar-refractivity contribution in [3.63, 3.8) is 0 Å². The molecule has 0 unspecified atom stereocenters. The van der Waals surface area contributed by atoms with Crippen LogP contribution in [0.5, 0.6) is 0 Å². The Morgan fingerprint density at radius 2 is 2.00 bits per heavy atom. The van der Waals surface area contributed by atoms with E-state index >= 15 is 0 Å². The fourth-order valence-electron chi connectivity index (χ4n) is 1.05. The highest BCUT2D eigenvalue weighted by Crippen LogP contribution is 2.00. The number of nitrogens with zero attached hydrogens (tertiary/aromatic N) is 2. The summed E-state index contributed by atoms with van der Waals surface area (Å²) in [4.78, 5) is 0. The Balaban J connectivity index is 2.61. The van der Waals surface area contributed by atoms with Gasteiger partial charge in [0.15, 0.2) is 0 Å². The first-order valence-electron chi connectivity index (χ1n) is 4.08. The molecule has 0 fully saturated rings. The normalized spacial score (nSPS) is 11.1. The number of hydrogen-bond donors (Lipinski definition) is 4. The monoisotopic (exact) mass is 194 g/mol. The van der Waals surface area contributed by atoms with Crippen LogP contribution in [0.2, 0.25) is 0 Å². The van der Waals surface area contributed by atoms with Gasteiger partial charge in [-0.1, -0.05) is 30.3 Å². The van der Waals surface area contributed by atoms with E-state index in [2.05, 4.69) is 10.5 Å². The summed E-state index contributed by atoms with van der Waals surface area (Å²) in [6.07, 6.45) is 0. The Hall–Kier alpha value is -1.79. The van der Waals surface area contributed by atoms with Crippen LogP contribution in [0.1, 0.15) is 5.56 Å². The van der Waals surface area contributed by atoms with Crippen molar-refractivity contribution < 1.29 is 0 Å². The van der Waals surface area contributed by atoms with Gasteiger partial charge in [-0.05, 0) is 5.56 Å². The van der Waals surface area contributed by atoms with Crippen LogP contribution in [-0.2, 0) is 6.54 Å². The molecule has 0 aliphatic heterocycles. The maximum Gasteiger partial charge on any atom is 0.244 e. The van der Waals surface area contributed by atoms with Crippen LogP contribution in [-0.4, -0.2) is 11.0 Å². The molecule has 0 heterocycles. The number of guanidine groups is 1. The first-order chi connectivity index (χ1) is 6.77. The average molecular weight is 194 g/mol. The van der Waals surface area contributed by atoms with E-state index in [4.69, 9.17) is 17.5 Å². The van der Waals surface area contributed by atoms with Gasteiger partial charge >= 0.3 is 0 Å². The van der Waals surface area contributed by atoms with Crippen molar-refractivity contribution in [1.29, 1.82) is 0 Å². The zero-order valence-electron chi connectivity index (χ0n) is 7.72. The van der Waals surface area contributed by atoms with Gasteiger partial charge in [-0.2, -0.15) is 0 Å². The largest absolute Gasteiger partial charge is 0.320 e. The lowest BCUT2D eigenvalue weighted by Gasteiger charge is -2.18. The molecule has 0 saturated carbocycles. The highest BCUT2D eigenvalue weighted by Gasteiger charge is 2.04. The molecule has 0 bridgehead atoms. The van der Waals surface area contributed by atoms with Gasteiger partial charge < -0.3 is 5.84 Å². The van der Waals surface area contributed by atoms with Gasteiger partial charge in [-0.3, -0.25) is 10.4 Å². The average Bonchev–Trinajstić information content (AvgIpc) is 2.21. The summed E-state index contributed by atoms with van der Waals surface area (Å²) in [7, 11) is 0. The summed E-state index contributed by atoms with van der Waals surface area (Å²) in [5, 5.41) is 4.71. The Morgan fingerprint density at radius 3 is 2.50 bits per heavy atom. The molecule has 7 N–H and O–H groups in total. The number of nitrogens with two attached hydrogens (primary N) is 3. The van der Waals surface area contributed by atoms with Gasteiger partial charge in [0.2, 0.25) is 5.96 Å². The van der Waals surface area contributed by atoms with Gasteiger partial charge in [0, 0.05) is 0 Å². The second kappa shape index (κ2) is 5.05. The van der Waals surface area contributed by atoms with Gasteiger partial charge in [0.1, 0.15) is 0 Å².